The van der Waals surface area contributed by atoms with Crippen molar-refractivity contribution >= 4 is 110 Å². The topological polar surface area (TPSA) is 6.48 Å². The molecule has 0 bridgehead atoms. The number of rotatable bonds is 8. The Hall–Kier alpha value is -8.41. The molecule has 0 fully saturated rings. The van der Waals surface area contributed by atoms with Gasteiger partial charge >= 0.3 is 0 Å². The molecule has 1 aliphatic heterocycles. The maximum Gasteiger partial charge on any atom is 0.0476 e. The van der Waals surface area contributed by atoms with Crippen molar-refractivity contribution in [2.24, 2.45) is 0 Å². The van der Waals surface area contributed by atoms with Crippen LogP contribution in [0, 0.1) is 0 Å². The van der Waals surface area contributed by atoms with E-state index in [1.54, 1.807) is 0 Å². The van der Waals surface area contributed by atoms with E-state index in [2.05, 4.69) is 265 Å². The van der Waals surface area contributed by atoms with Crippen LogP contribution in [0.5, 0.6) is 0 Å². The van der Waals surface area contributed by atoms with Crippen molar-refractivity contribution in [1.29, 1.82) is 0 Å². The SMILES string of the molecule is c1ccc(N(c2ccc(-c3ccc4ccccc4c3)cc2)c2ccc3c(c2)Sc2cccc4c2c-3cc2sc3cc(N(c5ccccc5)c5ccc(-c6ccc7ccccc7c6)cc5)ccc3c24)cc1. The minimum Gasteiger partial charge on any atom is -0.310 e. The number of para-hydroxylation sites is 2. The van der Waals surface area contributed by atoms with Gasteiger partial charge in [-0.15, -0.1) is 11.3 Å². The molecule has 13 aromatic rings. The molecule has 4 heteroatoms. The summed E-state index contributed by atoms with van der Waals surface area (Å²) in [5.74, 6) is 0. The Morgan fingerprint density at radius 1 is 0.257 bits per heavy atom. The van der Waals surface area contributed by atoms with Gasteiger partial charge in [0.25, 0.3) is 0 Å². The largest absolute Gasteiger partial charge is 0.310 e. The third kappa shape index (κ3) is 6.95. The van der Waals surface area contributed by atoms with Crippen molar-refractivity contribution in [1.82, 2.24) is 0 Å². The average Bonchev–Trinajstić information content (AvgIpc) is 3.80. The second-order valence-electron chi connectivity index (χ2n) is 18.1. The first-order valence-corrected chi connectivity index (χ1v) is 25.4. The molecule has 1 aliphatic rings. The van der Waals surface area contributed by atoms with Crippen LogP contribution in [-0.2, 0) is 0 Å². The molecule has 0 aliphatic carbocycles. The fourth-order valence-corrected chi connectivity index (χ4v) is 13.0. The van der Waals surface area contributed by atoms with Gasteiger partial charge in [-0.25, -0.2) is 0 Å². The number of fused-ring (bicyclic) bond motifs is 8. The van der Waals surface area contributed by atoms with Crippen LogP contribution in [0.2, 0.25) is 0 Å². The highest BCUT2D eigenvalue weighted by Gasteiger charge is 2.25. The number of hydrogen-bond donors (Lipinski definition) is 0. The predicted octanol–water partition coefficient (Wildman–Crippen LogP) is 19.9. The summed E-state index contributed by atoms with van der Waals surface area (Å²) in [6, 6.07) is 93.5. The molecular formula is C66H42N2S2. The third-order valence-corrected chi connectivity index (χ3v) is 16.2. The first-order valence-electron chi connectivity index (χ1n) is 23.8. The highest BCUT2D eigenvalue weighted by atomic mass is 32.2. The highest BCUT2D eigenvalue weighted by molar-refractivity contribution is 7.99. The molecule has 14 rings (SSSR count). The second-order valence-corrected chi connectivity index (χ2v) is 20.3. The molecule has 0 saturated carbocycles. The Kier molecular flexibility index (Phi) is 9.68. The lowest BCUT2D eigenvalue weighted by molar-refractivity contribution is 1.26. The molecule has 0 spiro atoms. The smallest absolute Gasteiger partial charge is 0.0476 e. The van der Waals surface area contributed by atoms with Crippen molar-refractivity contribution in [2.75, 3.05) is 9.80 Å². The fraction of sp³-hybridized carbons (Fsp3) is 0. The standard InChI is InChI=1S/C66H42N2S2/c1-3-16-51(17-4-1)67(53-30-26-45(27-31-53)49-24-22-43-12-7-9-14-47(43)38-49)55-34-36-57-60-42-64-65(59-20-11-21-61(66(59)60)69-62(57)40-55)58-37-35-56(41-63(58)70-64)68(52-18-5-2-6-19-52)54-32-28-46(29-33-54)50-25-23-44-13-8-10-15-48(44)39-50/h1-42H. The molecule has 1 aromatic heterocycles. The van der Waals surface area contributed by atoms with Gasteiger partial charge in [-0.1, -0.05) is 169 Å². The second kappa shape index (κ2) is 16.7. The van der Waals surface area contributed by atoms with Crippen LogP contribution in [0.25, 0.3) is 85.9 Å². The van der Waals surface area contributed by atoms with E-state index >= 15 is 0 Å². The van der Waals surface area contributed by atoms with Crippen molar-refractivity contribution < 1.29 is 0 Å². The van der Waals surface area contributed by atoms with Crippen LogP contribution in [0.4, 0.5) is 34.1 Å². The molecule has 0 N–H and O–H groups in total. The molecule has 328 valence electrons. The van der Waals surface area contributed by atoms with Gasteiger partial charge in [-0.05, 0) is 157 Å². The molecule has 0 amide bonds. The quantitative estimate of drug-likeness (QED) is 0.150. The predicted molar refractivity (Wildman–Crippen MR) is 302 cm³/mol. The summed E-state index contributed by atoms with van der Waals surface area (Å²) >= 11 is 3.78. The van der Waals surface area contributed by atoms with Gasteiger partial charge in [0, 0.05) is 69.5 Å². The lowest BCUT2D eigenvalue weighted by Crippen LogP contribution is -2.10. The van der Waals surface area contributed by atoms with Crippen LogP contribution in [0.15, 0.2) is 265 Å². The molecule has 0 saturated heterocycles. The van der Waals surface area contributed by atoms with E-state index in [9.17, 15) is 0 Å². The number of hydrogen-bond acceptors (Lipinski definition) is 4. The first kappa shape index (κ1) is 40.6. The minimum absolute atomic E-state index is 1.12. The molecule has 12 aromatic carbocycles. The maximum absolute atomic E-state index is 2.46. The Morgan fingerprint density at radius 2 is 0.757 bits per heavy atom. The van der Waals surface area contributed by atoms with Gasteiger partial charge in [0.1, 0.15) is 0 Å². The van der Waals surface area contributed by atoms with Gasteiger partial charge in [-0.3, -0.25) is 0 Å². The van der Waals surface area contributed by atoms with E-state index < -0.39 is 0 Å². The summed E-state index contributed by atoms with van der Waals surface area (Å²) in [7, 11) is 0. The summed E-state index contributed by atoms with van der Waals surface area (Å²) in [6.07, 6.45) is 0. The molecule has 2 heterocycles. The van der Waals surface area contributed by atoms with E-state index in [-0.39, 0.29) is 0 Å². The zero-order chi connectivity index (χ0) is 46.1. The number of benzene rings is 12. The summed E-state index contributed by atoms with van der Waals surface area (Å²) in [4.78, 5) is 7.32. The monoisotopic (exact) mass is 926 g/mol. The zero-order valence-corrected chi connectivity index (χ0v) is 39.6. The van der Waals surface area contributed by atoms with E-state index in [4.69, 9.17) is 0 Å². The van der Waals surface area contributed by atoms with Crippen molar-refractivity contribution in [3.8, 4) is 33.4 Å². The van der Waals surface area contributed by atoms with E-state index in [0.29, 0.717) is 0 Å². The Morgan fingerprint density at radius 3 is 1.36 bits per heavy atom. The van der Waals surface area contributed by atoms with E-state index in [1.807, 2.05) is 23.1 Å². The van der Waals surface area contributed by atoms with Gasteiger partial charge in [0.2, 0.25) is 0 Å². The van der Waals surface area contributed by atoms with Crippen molar-refractivity contribution in [2.45, 2.75) is 9.79 Å². The number of thiophene rings is 1. The van der Waals surface area contributed by atoms with Crippen LogP contribution >= 0.6 is 23.1 Å². The number of anilines is 6. The third-order valence-electron chi connectivity index (χ3n) is 14.0. The molecule has 70 heavy (non-hydrogen) atoms. The van der Waals surface area contributed by atoms with Crippen LogP contribution in [0.1, 0.15) is 0 Å². The van der Waals surface area contributed by atoms with Crippen LogP contribution in [0.3, 0.4) is 0 Å². The van der Waals surface area contributed by atoms with Gasteiger partial charge < -0.3 is 9.80 Å². The lowest BCUT2D eigenvalue weighted by Gasteiger charge is -2.28. The first-order chi connectivity index (χ1) is 34.7. The minimum atomic E-state index is 1.12. The normalized spacial score (nSPS) is 11.9. The Labute approximate surface area is 415 Å². The number of nitrogens with zero attached hydrogens (tertiary/aromatic N) is 2. The lowest BCUT2D eigenvalue weighted by atomic mass is 9.94. The maximum atomic E-state index is 2.46. The molecular weight excluding hydrogens is 885 g/mol. The Bertz CT molecular complexity index is 4140. The van der Waals surface area contributed by atoms with Crippen molar-refractivity contribution in [3.05, 3.63) is 255 Å². The summed E-state index contributed by atoms with van der Waals surface area (Å²) in [5.41, 5.74) is 14.2. The molecule has 0 unspecified atom stereocenters. The van der Waals surface area contributed by atoms with Crippen LogP contribution in [-0.4, -0.2) is 0 Å². The average molecular weight is 927 g/mol. The van der Waals surface area contributed by atoms with E-state index in [0.717, 1.165) is 34.1 Å². The summed E-state index contributed by atoms with van der Waals surface area (Å²) in [6.45, 7) is 0. The summed E-state index contributed by atoms with van der Waals surface area (Å²) < 4.78 is 2.58. The van der Waals surface area contributed by atoms with Gasteiger partial charge in [0.15, 0.2) is 0 Å². The summed E-state index contributed by atoms with van der Waals surface area (Å²) in [5, 5.41) is 10.3. The van der Waals surface area contributed by atoms with Gasteiger partial charge in [0.05, 0.1) is 0 Å². The Balaban J connectivity index is 0.836. The van der Waals surface area contributed by atoms with E-state index in [1.165, 1.54) is 95.7 Å². The van der Waals surface area contributed by atoms with Gasteiger partial charge in [-0.2, -0.15) is 0 Å². The van der Waals surface area contributed by atoms with Crippen LogP contribution < -0.4 is 9.80 Å². The molecule has 0 radical (unpaired) electrons. The fourth-order valence-electron chi connectivity index (χ4n) is 10.6. The molecule has 2 nitrogen and oxygen atoms in total. The zero-order valence-electron chi connectivity index (χ0n) is 38.0. The molecule has 0 atom stereocenters. The van der Waals surface area contributed by atoms with Crippen molar-refractivity contribution in [3.63, 3.8) is 0 Å². The highest BCUT2D eigenvalue weighted by Crippen LogP contribution is 2.54.